The summed E-state index contributed by atoms with van der Waals surface area (Å²) < 4.78 is 0. The third kappa shape index (κ3) is 2.55. The molecule has 0 saturated carbocycles. The van der Waals surface area contributed by atoms with Crippen LogP contribution in [0.25, 0.3) is 0 Å². The fraction of sp³-hybridized carbons (Fsp3) is 0.571. The minimum atomic E-state index is -0.915. The van der Waals surface area contributed by atoms with Gasteiger partial charge in [0.1, 0.15) is 12.1 Å². The number of anilines is 1. The van der Waals surface area contributed by atoms with Gasteiger partial charge in [0, 0.05) is 25.5 Å². The molecule has 1 aromatic rings. The highest BCUT2D eigenvalue weighted by Crippen LogP contribution is 2.27. The van der Waals surface area contributed by atoms with Crippen molar-refractivity contribution in [2.45, 2.75) is 37.8 Å². The topological polar surface area (TPSA) is 86.6 Å². The summed E-state index contributed by atoms with van der Waals surface area (Å²) in [6.07, 6.45) is 6.20. The molecule has 2 atom stereocenters. The third-order valence-electron chi connectivity index (χ3n) is 4.17. The van der Waals surface area contributed by atoms with E-state index in [1.807, 2.05) is 4.90 Å². The van der Waals surface area contributed by atoms with Crippen molar-refractivity contribution in [1.82, 2.24) is 14.9 Å². The molecular weight excluding hydrogens is 272 g/mol. The molecule has 2 saturated heterocycles. The normalized spacial score (nSPS) is 25.3. The molecule has 2 fully saturated rings. The lowest BCUT2D eigenvalue weighted by atomic mass is 10.1. The van der Waals surface area contributed by atoms with E-state index in [1.165, 1.54) is 4.90 Å². The van der Waals surface area contributed by atoms with Gasteiger partial charge < -0.3 is 14.9 Å². The Balaban J connectivity index is 1.79. The van der Waals surface area contributed by atoms with Crippen LogP contribution in [0.3, 0.4) is 0 Å². The van der Waals surface area contributed by atoms with E-state index in [2.05, 4.69) is 9.97 Å². The fourth-order valence-electron chi connectivity index (χ4n) is 3.18. The molecule has 1 unspecified atom stereocenters. The zero-order chi connectivity index (χ0) is 14.8. The van der Waals surface area contributed by atoms with Crippen molar-refractivity contribution in [3.05, 3.63) is 18.5 Å². The van der Waals surface area contributed by atoms with Crippen LogP contribution in [0.1, 0.15) is 25.7 Å². The summed E-state index contributed by atoms with van der Waals surface area (Å²) in [4.78, 5) is 35.8. The van der Waals surface area contributed by atoms with Crippen molar-refractivity contribution >= 4 is 17.8 Å². The molecule has 7 heteroatoms. The number of carbonyl (C=O) groups excluding carboxylic acids is 1. The van der Waals surface area contributed by atoms with Gasteiger partial charge in [0.2, 0.25) is 11.9 Å². The molecule has 112 valence electrons. The van der Waals surface area contributed by atoms with Crippen LogP contribution in [-0.4, -0.2) is 57.0 Å². The first-order chi connectivity index (χ1) is 10.2. The molecule has 2 aliphatic heterocycles. The van der Waals surface area contributed by atoms with Crippen LogP contribution in [0.2, 0.25) is 0 Å². The Morgan fingerprint density at radius 1 is 1.10 bits per heavy atom. The highest BCUT2D eigenvalue weighted by Gasteiger charge is 2.41. The molecule has 2 aliphatic rings. The van der Waals surface area contributed by atoms with Crippen LogP contribution in [0.15, 0.2) is 18.5 Å². The minimum absolute atomic E-state index is 0.107. The number of hydrogen-bond donors (Lipinski definition) is 1. The van der Waals surface area contributed by atoms with Gasteiger partial charge in [-0.15, -0.1) is 0 Å². The van der Waals surface area contributed by atoms with E-state index < -0.39 is 12.0 Å². The molecule has 0 radical (unpaired) electrons. The predicted octanol–water partition coefficient (Wildman–Crippen LogP) is 0.521. The summed E-state index contributed by atoms with van der Waals surface area (Å²) in [5.74, 6) is -0.481. The standard InChI is InChI=1S/C14H18N4O3/c19-12(17-8-2-5-11(17)13(20)21)10-4-1-9-18(10)14-15-6-3-7-16-14/h3,6-7,10-11H,1-2,4-5,8-9H2,(H,20,21)/t10?,11-/m0/s1. The lowest BCUT2D eigenvalue weighted by Gasteiger charge is -2.29. The Labute approximate surface area is 122 Å². The lowest BCUT2D eigenvalue weighted by Crippen LogP contribution is -2.50. The number of aromatic nitrogens is 2. The number of hydrogen-bond acceptors (Lipinski definition) is 5. The summed E-state index contributed by atoms with van der Waals surface area (Å²) in [6, 6.07) is 0.709. The monoisotopic (exact) mass is 290 g/mol. The maximum atomic E-state index is 12.7. The van der Waals surface area contributed by atoms with Crippen LogP contribution in [-0.2, 0) is 9.59 Å². The van der Waals surface area contributed by atoms with E-state index in [0.717, 1.165) is 25.8 Å². The van der Waals surface area contributed by atoms with Gasteiger partial charge in [0.05, 0.1) is 0 Å². The maximum Gasteiger partial charge on any atom is 0.326 e. The largest absolute Gasteiger partial charge is 0.480 e. The number of aliphatic carboxylic acids is 1. The number of rotatable bonds is 3. The van der Waals surface area contributed by atoms with E-state index in [4.69, 9.17) is 0 Å². The Kier molecular flexibility index (Phi) is 3.72. The van der Waals surface area contributed by atoms with Gasteiger partial charge in [0.25, 0.3) is 0 Å². The predicted molar refractivity (Wildman–Crippen MR) is 74.8 cm³/mol. The van der Waals surface area contributed by atoms with E-state index in [9.17, 15) is 14.7 Å². The van der Waals surface area contributed by atoms with Gasteiger partial charge in [0.15, 0.2) is 0 Å². The molecular formula is C14H18N4O3. The first-order valence-electron chi connectivity index (χ1n) is 7.25. The van der Waals surface area contributed by atoms with Crippen LogP contribution >= 0.6 is 0 Å². The number of likely N-dealkylation sites (tertiary alicyclic amines) is 1. The Hall–Kier alpha value is -2.18. The van der Waals surface area contributed by atoms with Crippen LogP contribution < -0.4 is 4.90 Å². The van der Waals surface area contributed by atoms with Crippen LogP contribution in [0.5, 0.6) is 0 Å². The van der Waals surface area contributed by atoms with Gasteiger partial charge in [-0.1, -0.05) is 0 Å². The van der Waals surface area contributed by atoms with E-state index in [0.29, 0.717) is 18.9 Å². The molecule has 3 heterocycles. The highest BCUT2D eigenvalue weighted by atomic mass is 16.4. The third-order valence-corrected chi connectivity index (χ3v) is 4.17. The summed E-state index contributed by atoms with van der Waals surface area (Å²) in [5, 5.41) is 9.23. The van der Waals surface area contributed by atoms with Crippen molar-refractivity contribution in [3.8, 4) is 0 Å². The molecule has 0 aliphatic carbocycles. The fourth-order valence-corrected chi connectivity index (χ4v) is 3.18. The van der Waals surface area contributed by atoms with E-state index in [1.54, 1.807) is 18.5 Å². The quantitative estimate of drug-likeness (QED) is 0.873. The second-order valence-corrected chi connectivity index (χ2v) is 5.43. The average molecular weight is 290 g/mol. The molecule has 1 aromatic heterocycles. The first kappa shape index (κ1) is 13.8. The Bertz CT molecular complexity index is 536. The first-order valence-corrected chi connectivity index (χ1v) is 7.25. The zero-order valence-corrected chi connectivity index (χ0v) is 11.7. The molecule has 7 nitrogen and oxygen atoms in total. The summed E-state index contributed by atoms with van der Waals surface area (Å²) in [7, 11) is 0. The van der Waals surface area contributed by atoms with E-state index in [-0.39, 0.29) is 11.9 Å². The molecule has 0 aromatic carbocycles. The van der Waals surface area contributed by atoms with Crippen molar-refractivity contribution in [2.75, 3.05) is 18.0 Å². The van der Waals surface area contributed by atoms with Gasteiger partial charge in [-0.05, 0) is 31.7 Å². The molecule has 3 rings (SSSR count). The molecule has 21 heavy (non-hydrogen) atoms. The second-order valence-electron chi connectivity index (χ2n) is 5.43. The highest BCUT2D eigenvalue weighted by molar-refractivity contribution is 5.89. The SMILES string of the molecule is O=C(O)[C@@H]1CCCN1C(=O)C1CCCN1c1ncccn1. The van der Waals surface area contributed by atoms with Crippen molar-refractivity contribution < 1.29 is 14.7 Å². The number of carboxylic acid groups (broad SMARTS) is 1. The number of carbonyl (C=O) groups is 2. The Morgan fingerprint density at radius 2 is 1.76 bits per heavy atom. The van der Waals surface area contributed by atoms with Crippen LogP contribution in [0, 0.1) is 0 Å². The molecule has 1 amide bonds. The van der Waals surface area contributed by atoms with Crippen molar-refractivity contribution in [1.29, 1.82) is 0 Å². The summed E-state index contributed by atoms with van der Waals surface area (Å²) >= 11 is 0. The maximum absolute atomic E-state index is 12.7. The number of amides is 1. The van der Waals surface area contributed by atoms with Crippen molar-refractivity contribution in [3.63, 3.8) is 0 Å². The second kappa shape index (κ2) is 5.67. The lowest BCUT2D eigenvalue weighted by molar-refractivity contribution is -0.148. The Morgan fingerprint density at radius 3 is 2.48 bits per heavy atom. The molecule has 0 spiro atoms. The minimum Gasteiger partial charge on any atom is -0.480 e. The van der Waals surface area contributed by atoms with Gasteiger partial charge >= 0.3 is 5.97 Å². The van der Waals surface area contributed by atoms with Crippen LogP contribution in [0.4, 0.5) is 5.95 Å². The summed E-state index contributed by atoms with van der Waals surface area (Å²) in [5.41, 5.74) is 0. The van der Waals surface area contributed by atoms with Gasteiger partial charge in [-0.25, -0.2) is 14.8 Å². The van der Waals surface area contributed by atoms with Gasteiger partial charge in [-0.2, -0.15) is 0 Å². The number of nitrogens with zero attached hydrogens (tertiary/aromatic N) is 4. The smallest absolute Gasteiger partial charge is 0.326 e. The number of carboxylic acids is 1. The van der Waals surface area contributed by atoms with E-state index >= 15 is 0 Å². The molecule has 0 bridgehead atoms. The average Bonchev–Trinajstić information content (AvgIpc) is 3.16. The molecule has 1 N–H and O–H groups in total. The summed E-state index contributed by atoms with van der Waals surface area (Å²) in [6.45, 7) is 1.25. The zero-order valence-electron chi connectivity index (χ0n) is 11.7. The van der Waals surface area contributed by atoms with Gasteiger partial charge in [-0.3, -0.25) is 4.79 Å². The van der Waals surface area contributed by atoms with Crippen molar-refractivity contribution in [2.24, 2.45) is 0 Å².